The molecule has 0 spiro atoms. The monoisotopic (exact) mass is 442 g/mol. The van der Waals surface area contributed by atoms with E-state index in [1.54, 1.807) is 49.5 Å². The van der Waals surface area contributed by atoms with Gasteiger partial charge in [-0.3, -0.25) is 9.10 Å². The fourth-order valence-corrected chi connectivity index (χ4v) is 4.71. The van der Waals surface area contributed by atoms with Gasteiger partial charge in [-0.05, 0) is 36.8 Å². The summed E-state index contributed by atoms with van der Waals surface area (Å²) in [5, 5.41) is 0.256. The lowest BCUT2D eigenvalue weighted by atomic mass is 10.1. The van der Waals surface area contributed by atoms with Crippen LogP contribution in [0.1, 0.15) is 11.1 Å². The summed E-state index contributed by atoms with van der Waals surface area (Å²) in [6.07, 6.45) is 0. The number of halogens is 1. The zero-order valence-electron chi connectivity index (χ0n) is 16.8. The van der Waals surface area contributed by atoms with Crippen LogP contribution in [0.3, 0.4) is 0 Å². The highest BCUT2D eigenvalue weighted by Gasteiger charge is 2.29. The molecule has 3 aromatic rings. The van der Waals surface area contributed by atoms with Crippen LogP contribution in [0.2, 0.25) is 5.02 Å². The van der Waals surface area contributed by atoms with Crippen molar-refractivity contribution in [2.24, 2.45) is 0 Å². The largest absolute Gasteiger partial charge is 0.340 e. The molecule has 0 unspecified atom stereocenters. The molecule has 5 nitrogen and oxygen atoms in total. The van der Waals surface area contributed by atoms with Crippen LogP contribution in [0.15, 0.2) is 83.8 Å². The maximum Gasteiger partial charge on any atom is 0.264 e. The first-order chi connectivity index (χ1) is 14.3. The Hall–Kier alpha value is -2.83. The quantitative estimate of drug-likeness (QED) is 0.541. The average molecular weight is 443 g/mol. The van der Waals surface area contributed by atoms with Crippen molar-refractivity contribution in [3.05, 3.63) is 95.0 Å². The van der Waals surface area contributed by atoms with Crippen molar-refractivity contribution in [3.8, 4) is 0 Å². The molecule has 0 N–H and O–H groups in total. The van der Waals surface area contributed by atoms with Crippen LogP contribution in [-0.4, -0.2) is 32.8 Å². The maximum absolute atomic E-state index is 13.3. The summed E-state index contributed by atoms with van der Waals surface area (Å²) in [7, 11) is -2.33. The van der Waals surface area contributed by atoms with E-state index in [9.17, 15) is 13.2 Å². The van der Waals surface area contributed by atoms with Gasteiger partial charge in [-0.25, -0.2) is 8.42 Å². The van der Waals surface area contributed by atoms with Gasteiger partial charge >= 0.3 is 0 Å². The van der Waals surface area contributed by atoms with Crippen LogP contribution in [0.25, 0.3) is 0 Å². The van der Waals surface area contributed by atoms with Gasteiger partial charge in [-0.1, -0.05) is 71.8 Å². The highest BCUT2D eigenvalue weighted by atomic mass is 35.5. The van der Waals surface area contributed by atoms with E-state index in [0.717, 1.165) is 15.4 Å². The number of carbonyl (C=O) groups excluding carboxylic acids is 1. The summed E-state index contributed by atoms with van der Waals surface area (Å²) in [5.41, 5.74) is 2.36. The third-order valence-corrected chi connectivity index (χ3v) is 6.79. The average Bonchev–Trinajstić information content (AvgIpc) is 2.74. The lowest BCUT2D eigenvalue weighted by molar-refractivity contribution is -0.128. The number of sulfonamides is 1. The number of anilines is 1. The summed E-state index contributed by atoms with van der Waals surface area (Å²) in [6, 6.07) is 22.5. The van der Waals surface area contributed by atoms with Crippen molar-refractivity contribution in [1.29, 1.82) is 0 Å². The van der Waals surface area contributed by atoms with Crippen molar-refractivity contribution in [2.45, 2.75) is 18.4 Å². The van der Waals surface area contributed by atoms with Crippen LogP contribution in [0.5, 0.6) is 0 Å². The molecule has 3 aromatic carbocycles. The SMILES string of the molecule is Cc1ccc(CN(C)C(=O)CN(c2ccccc2Cl)S(=O)(=O)c2ccccc2)cc1. The Morgan fingerprint density at radius 2 is 1.50 bits per heavy atom. The predicted molar refractivity (Wildman–Crippen MR) is 120 cm³/mol. The molecule has 0 aromatic heterocycles. The summed E-state index contributed by atoms with van der Waals surface area (Å²) in [5.74, 6) is -0.338. The third kappa shape index (κ3) is 5.01. The van der Waals surface area contributed by atoms with E-state index >= 15 is 0 Å². The standard InChI is InChI=1S/C23H23ClN2O3S/c1-18-12-14-19(15-13-18)16-25(2)23(27)17-26(22-11-7-6-10-21(22)24)30(28,29)20-8-4-3-5-9-20/h3-15H,16-17H2,1-2H3. The van der Waals surface area contributed by atoms with Crippen molar-refractivity contribution < 1.29 is 13.2 Å². The lowest BCUT2D eigenvalue weighted by Crippen LogP contribution is -2.41. The number of nitrogens with zero attached hydrogens (tertiary/aromatic N) is 2. The molecule has 30 heavy (non-hydrogen) atoms. The number of hydrogen-bond acceptors (Lipinski definition) is 3. The molecular weight excluding hydrogens is 420 g/mol. The molecule has 0 fully saturated rings. The van der Waals surface area contributed by atoms with E-state index in [1.807, 2.05) is 31.2 Å². The van der Waals surface area contributed by atoms with Crippen molar-refractivity contribution in [3.63, 3.8) is 0 Å². The van der Waals surface area contributed by atoms with E-state index in [0.29, 0.717) is 6.54 Å². The maximum atomic E-state index is 13.3. The fraction of sp³-hybridized carbons (Fsp3) is 0.174. The van der Waals surface area contributed by atoms with Crippen LogP contribution in [0.4, 0.5) is 5.69 Å². The minimum atomic E-state index is -3.98. The van der Waals surface area contributed by atoms with Gasteiger partial charge in [0.25, 0.3) is 10.0 Å². The molecule has 3 rings (SSSR count). The number of rotatable bonds is 7. The number of aryl methyl sites for hydroxylation is 1. The van der Waals surface area contributed by atoms with Gasteiger partial charge in [0.15, 0.2) is 0 Å². The zero-order chi connectivity index (χ0) is 21.7. The number of para-hydroxylation sites is 1. The molecule has 0 heterocycles. The van der Waals surface area contributed by atoms with Gasteiger partial charge in [0.2, 0.25) is 5.91 Å². The normalized spacial score (nSPS) is 11.2. The molecule has 0 bridgehead atoms. The number of amides is 1. The van der Waals surface area contributed by atoms with Crippen LogP contribution < -0.4 is 4.31 Å². The summed E-state index contributed by atoms with van der Waals surface area (Å²) < 4.78 is 27.7. The molecule has 0 radical (unpaired) electrons. The Kier molecular flexibility index (Phi) is 6.80. The minimum Gasteiger partial charge on any atom is -0.340 e. The van der Waals surface area contributed by atoms with Crippen molar-refractivity contribution >= 4 is 33.2 Å². The lowest BCUT2D eigenvalue weighted by Gasteiger charge is -2.27. The van der Waals surface area contributed by atoms with E-state index in [1.165, 1.54) is 17.0 Å². The molecular formula is C23H23ClN2O3S. The Morgan fingerprint density at radius 1 is 0.900 bits per heavy atom. The van der Waals surface area contributed by atoms with E-state index in [4.69, 9.17) is 11.6 Å². The first-order valence-electron chi connectivity index (χ1n) is 9.41. The molecule has 156 valence electrons. The molecule has 0 saturated heterocycles. The first kappa shape index (κ1) is 21.9. The number of hydrogen-bond donors (Lipinski definition) is 0. The van der Waals surface area contributed by atoms with Gasteiger partial charge in [0, 0.05) is 13.6 Å². The smallest absolute Gasteiger partial charge is 0.264 e. The molecule has 0 aliphatic rings. The van der Waals surface area contributed by atoms with Gasteiger partial charge < -0.3 is 4.90 Å². The molecule has 0 atom stereocenters. The number of carbonyl (C=O) groups is 1. The number of likely N-dealkylation sites (N-methyl/N-ethyl adjacent to an activating group) is 1. The van der Waals surface area contributed by atoms with Gasteiger partial charge in [0.05, 0.1) is 15.6 Å². The van der Waals surface area contributed by atoms with Crippen molar-refractivity contribution in [1.82, 2.24) is 4.90 Å². The van der Waals surface area contributed by atoms with E-state index in [2.05, 4.69) is 0 Å². The summed E-state index contributed by atoms with van der Waals surface area (Å²) in [6.45, 7) is 2.01. The second-order valence-electron chi connectivity index (χ2n) is 7.01. The third-order valence-electron chi connectivity index (χ3n) is 4.70. The topological polar surface area (TPSA) is 57.7 Å². The fourth-order valence-electron chi connectivity index (χ4n) is 2.97. The van der Waals surface area contributed by atoms with Gasteiger partial charge in [0.1, 0.15) is 6.54 Å². The molecule has 0 aliphatic carbocycles. The molecule has 0 saturated carbocycles. The van der Waals surface area contributed by atoms with Gasteiger partial charge in [-0.2, -0.15) is 0 Å². The zero-order valence-corrected chi connectivity index (χ0v) is 18.4. The van der Waals surface area contributed by atoms with Gasteiger partial charge in [-0.15, -0.1) is 0 Å². The molecule has 0 aliphatic heterocycles. The highest BCUT2D eigenvalue weighted by Crippen LogP contribution is 2.30. The predicted octanol–water partition coefficient (Wildman–Crippen LogP) is 4.50. The minimum absolute atomic E-state index is 0.0962. The summed E-state index contributed by atoms with van der Waals surface area (Å²) in [4.78, 5) is 14.6. The highest BCUT2D eigenvalue weighted by molar-refractivity contribution is 7.92. The number of benzene rings is 3. The summed E-state index contributed by atoms with van der Waals surface area (Å²) >= 11 is 6.29. The molecule has 1 amide bonds. The van der Waals surface area contributed by atoms with Crippen LogP contribution in [-0.2, 0) is 21.4 Å². The Morgan fingerprint density at radius 3 is 2.13 bits per heavy atom. The Bertz CT molecular complexity index is 1120. The van der Waals surface area contributed by atoms with E-state index < -0.39 is 10.0 Å². The van der Waals surface area contributed by atoms with Crippen LogP contribution in [0, 0.1) is 6.92 Å². The first-order valence-corrected chi connectivity index (χ1v) is 11.2. The van der Waals surface area contributed by atoms with E-state index in [-0.39, 0.29) is 28.1 Å². The molecule has 7 heteroatoms. The Balaban J connectivity index is 1.90. The Labute approximate surface area is 182 Å². The van der Waals surface area contributed by atoms with Crippen LogP contribution >= 0.6 is 11.6 Å². The second kappa shape index (κ2) is 9.32. The van der Waals surface area contributed by atoms with Crippen molar-refractivity contribution in [2.75, 3.05) is 17.9 Å². The second-order valence-corrected chi connectivity index (χ2v) is 9.28.